The maximum Gasteiger partial charge on any atom is 0.242 e. The van der Waals surface area contributed by atoms with E-state index in [9.17, 15) is 4.79 Å². The summed E-state index contributed by atoms with van der Waals surface area (Å²) in [5.74, 6) is 2.46. The van der Waals surface area contributed by atoms with Crippen molar-refractivity contribution in [2.24, 2.45) is 0 Å². The van der Waals surface area contributed by atoms with Gasteiger partial charge in [0.15, 0.2) is 0 Å². The first-order valence-corrected chi connectivity index (χ1v) is 7.52. The number of carbonyl (C=O) groups is 1. The first-order chi connectivity index (χ1) is 9.94. The molecule has 0 saturated heterocycles. The van der Waals surface area contributed by atoms with E-state index in [-0.39, 0.29) is 5.91 Å². The first-order valence-electron chi connectivity index (χ1n) is 7.52. The van der Waals surface area contributed by atoms with Gasteiger partial charge >= 0.3 is 0 Å². The molecule has 0 unspecified atom stereocenters. The number of hydrogen-bond donors (Lipinski definition) is 1. The molecule has 0 fully saturated rings. The van der Waals surface area contributed by atoms with Gasteiger partial charge in [-0.25, -0.2) is 9.97 Å². The number of likely N-dealkylation sites (N-methyl/N-ethyl adjacent to an activating group) is 2. The van der Waals surface area contributed by atoms with Crippen molar-refractivity contribution in [2.45, 2.75) is 34.6 Å². The fraction of sp³-hybridized carbons (Fsp3) is 0.667. The lowest BCUT2D eigenvalue weighted by atomic mass is 10.2. The van der Waals surface area contributed by atoms with Gasteiger partial charge in [-0.1, -0.05) is 0 Å². The molecular formula is C15H27N5O. The highest BCUT2D eigenvalue weighted by Crippen LogP contribution is 2.22. The van der Waals surface area contributed by atoms with Gasteiger partial charge < -0.3 is 15.1 Å². The Morgan fingerprint density at radius 2 is 1.76 bits per heavy atom. The van der Waals surface area contributed by atoms with E-state index in [1.165, 1.54) is 0 Å². The van der Waals surface area contributed by atoms with Crippen LogP contribution in [0.4, 0.5) is 11.6 Å². The van der Waals surface area contributed by atoms with Crippen molar-refractivity contribution >= 4 is 17.5 Å². The van der Waals surface area contributed by atoms with E-state index in [0.717, 1.165) is 36.8 Å². The molecule has 1 N–H and O–H groups in total. The second kappa shape index (κ2) is 7.81. The van der Waals surface area contributed by atoms with Crippen molar-refractivity contribution in [3.8, 4) is 0 Å². The van der Waals surface area contributed by atoms with Crippen molar-refractivity contribution in [3.05, 3.63) is 11.4 Å². The molecular weight excluding hydrogens is 266 g/mol. The summed E-state index contributed by atoms with van der Waals surface area (Å²) in [5.41, 5.74) is 0.970. The summed E-state index contributed by atoms with van der Waals surface area (Å²) >= 11 is 0. The molecule has 0 aromatic carbocycles. The number of rotatable bonds is 7. The van der Waals surface area contributed by atoms with E-state index in [4.69, 9.17) is 0 Å². The third-order valence-corrected chi connectivity index (χ3v) is 3.43. The highest BCUT2D eigenvalue weighted by Gasteiger charge is 2.17. The second-order valence-corrected chi connectivity index (χ2v) is 5.02. The molecule has 1 rings (SSSR count). The molecule has 0 spiro atoms. The van der Waals surface area contributed by atoms with Crippen LogP contribution in [0.3, 0.4) is 0 Å². The van der Waals surface area contributed by atoms with Crippen molar-refractivity contribution in [2.75, 3.05) is 43.4 Å². The number of carbonyl (C=O) groups excluding carboxylic acids is 1. The van der Waals surface area contributed by atoms with E-state index in [1.807, 2.05) is 51.5 Å². The van der Waals surface area contributed by atoms with Gasteiger partial charge in [0.05, 0.1) is 6.54 Å². The number of nitrogens with one attached hydrogen (secondary N) is 1. The molecule has 1 aromatic rings. The van der Waals surface area contributed by atoms with Gasteiger partial charge in [0.2, 0.25) is 5.91 Å². The van der Waals surface area contributed by atoms with Crippen LogP contribution < -0.4 is 10.2 Å². The van der Waals surface area contributed by atoms with Gasteiger partial charge in [-0.05, 0) is 34.6 Å². The Labute approximate surface area is 127 Å². The maximum absolute atomic E-state index is 12.2. The fourth-order valence-electron chi connectivity index (χ4n) is 2.28. The molecule has 118 valence electrons. The van der Waals surface area contributed by atoms with E-state index in [2.05, 4.69) is 15.3 Å². The molecule has 0 aliphatic rings. The van der Waals surface area contributed by atoms with Crippen molar-refractivity contribution < 1.29 is 4.79 Å². The van der Waals surface area contributed by atoms with Crippen LogP contribution in [0.1, 0.15) is 32.2 Å². The molecule has 0 atom stereocenters. The summed E-state index contributed by atoms with van der Waals surface area (Å²) in [6.45, 7) is 12.4. The van der Waals surface area contributed by atoms with Crippen LogP contribution in [0.5, 0.6) is 0 Å². The minimum atomic E-state index is 0.114. The zero-order valence-electron chi connectivity index (χ0n) is 14.0. The summed E-state index contributed by atoms with van der Waals surface area (Å²) in [5, 5.41) is 3.24. The van der Waals surface area contributed by atoms with Crippen molar-refractivity contribution in [1.82, 2.24) is 14.9 Å². The molecule has 0 bridgehead atoms. The summed E-state index contributed by atoms with van der Waals surface area (Å²) < 4.78 is 0. The quantitative estimate of drug-likeness (QED) is 0.831. The molecule has 21 heavy (non-hydrogen) atoms. The average Bonchev–Trinajstić information content (AvgIpc) is 2.43. The minimum absolute atomic E-state index is 0.114. The molecule has 0 radical (unpaired) electrons. The van der Waals surface area contributed by atoms with E-state index in [0.29, 0.717) is 12.4 Å². The van der Waals surface area contributed by atoms with Gasteiger partial charge in [0.25, 0.3) is 0 Å². The van der Waals surface area contributed by atoms with Crippen molar-refractivity contribution in [1.29, 1.82) is 0 Å². The van der Waals surface area contributed by atoms with Crippen LogP contribution in [-0.2, 0) is 4.79 Å². The topological polar surface area (TPSA) is 61.4 Å². The summed E-state index contributed by atoms with van der Waals surface area (Å²) in [6, 6.07) is 0. The number of amides is 1. The zero-order valence-corrected chi connectivity index (χ0v) is 14.0. The molecule has 6 nitrogen and oxygen atoms in total. The fourth-order valence-corrected chi connectivity index (χ4v) is 2.28. The Morgan fingerprint density at radius 3 is 2.29 bits per heavy atom. The average molecular weight is 293 g/mol. The lowest BCUT2D eigenvalue weighted by Gasteiger charge is -2.25. The van der Waals surface area contributed by atoms with Gasteiger partial charge in [-0.3, -0.25) is 4.79 Å². The lowest BCUT2D eigenvalue weighted by Crippen LogP contribution is -2.39. The summed E-state index contributed by atoms with van der Waals surface area (Å²) in [7, 11) is 1.89. The Balaban J connectivity index is 2.96. The van der Waals surface area contributed by atoms with Gasteiger partial charge in [0, 0.05) is 32.2 Å². The Bertz CT molecular complexity index is 485. The number of hydrogen-bond acceptors (Lipinski definition) is 5. The maximum atomic E-state index is 12.2. The van der Waals surface area contributed by atoms with Crippen LogP contribution in [0.2, 0.25) is 0 Å². The molecule has 6 heteroatoms. The smallest absolute Gasteiger partial charge is 0.242 e. The Hall–Kier alpha value is -1.85. The zero-order chi connectivity index (χ0) is 16.0. The van der Waals surface area contributed by atoms with Crippen LogP contribution in [0, 0.1) is 13.8 Å². The van der Waals surface area contributed by atoms with Crippen molar-refractivity contribution in [3.63, 3.8) is 0 Å². The van der Waals surface area contributed by atoms with E-state index in [1.54, 1.807) is 0 Å². The molecule has 0 aliphatic heterocycles. The third-order valence-electron chi connectivity index (χ3n) is 3.43. The highest BCUT2D eigenvalue weighted by atomic mass is 16.2. The molecule has 1 heterocycles. The molecule has 0 aliphatic carbocycles. The standard InChI is InChI=1S/C15H27N5O/c1-7-16-14-11(4)15(18-12(5)17-14)19(6)10-13(21)20(8-2)9-3/h7-10H2,1-6H3,(H,16,17,18). The Morgan fingerprint density at radius 1 is 1.14 bits per heavy atom. The third kappa shape index (κ3) is 4.31. The largest absolute Gasteiger partial charge is 0.370 e. The van der Waals surface area contributed by atoms with Gasteiger partial charge in [-0.15, -0.1) is 0 Å². The monoisotopic (exact) mass is 293 g/mol. The van der Waals surface area contributed by atoms with Crippen LogP contribution in [-0.4, -0.2) is 54.0 Å². The number of aryl methyl sites for hydroxylation is 1. The van der Waals surface area contributed by atoms with Crippen LogP contribution in [0.25, 0.3) is 0 Å². The van der Waals surface area contributed by atoms with E-state index < -0.39 is 0 Å². The SMILES string of the molecule is CCNc1nc(C)nc(N(C)CC(=O)N(CC)CC)c1C. The van der Waals surface area contributed by atoms with E-state index >= 15 is 0 Å². The predicted molar refractivity (Wildman–Crippen MR) is 86.9 cm³/mol. The summed E-state index contributed by atoms with van der Waals surface area (Å²) in [4.78, 5) is 24.8. The number of nitrogens with zero attached hydrogens (tertiary/aromatic N) is 4. The molecule has 1 aromatic heterocycles. The Kier molecular flexibility index (Phi) is 6.39. The summed E-state index contributed by atoms with van der Waals surface area (Å²) in [6.07, 6.45) is 0. The van der Waals surface area contributed by atoms with Crippen LogP contribution >= 0.6 is 0 Å². The van der Waals surface area contributed by atoms with Gasteiger partial charge in [-0.2, -0.15) is 0 Å². The highest BCUT2D eigenvalue weighted by molar-refractivity contribution is 5.81. The normalized spacial score (nSPS) is 10.4. The lowest BCUT2D eigenvalue weighted by molar-refractivity contribution is -0.129. The first kappa shape index (κ1) is 17.2. The number of aromatic nitrogens is 2. The molecule has 1 amide bonds. The van der Waals surface area contributed by atoms with Crippen LogP contribution in [0.15, 0.2) is 0 Å². The minimum Gasteiger partial charge on any atom is -0.370 e. The molecule has 0 saturated carbocycles. The van der Waals surface area contributed by atoms with Gasteiger partial charge in [0.1, 0.15) is 17.5 Å². The predicted octanol–water partition coefficient (Wildman–Crippen LogP) is 1.83. The number of anilines is 2. The second-order valence-electron chi connectivity index (χ2n) is 5.02.